The molecule has 2 aliphatic rings. The van der Waals surface area contributed by atoms with E-state index < -0.39 is 0 Å². The molecule has 57 heavy (non-hydrogen) atoms. The Morgan fingerprint density at radius 1 is 0.333 bits per heavy atom. The van der Waals surface area contributed by atoms with Crippen LogP contribution in [-0.4, -0.2) is 29.9 Å². The number of rotatable bonds is 0. The Kier molecular flexibility index (Phi) is 12.9. The first-order valence-electron chi connectivity index (χ1n) is 14.9. The molecular weight excluding hydrogens is 1590 g/mol. The average Bonchev–Trinajstić information content (AvgIpc) is 3.92. The Morgan fingerprint density at radius 2 is 0.614 bits per heavy atom. The molecule has 0 atom stereocenters. The second-order valence-electron chi connectivity index (χ2n) is 11.8. The molecule has 0 aliphatic carbocycles. The first kappa shape index (κ1) is 44.9. The summed E-state index contributed by atoms with van der Waals surface area (Å²) in [4.78, 5) is 40.4. The van der Waals surface area contributed by atoms with Crippen molar-refractivity contribution in [2.24, 2.45) is 0 Å². The van der Waals surface area contributed by atoms with Gasteiger partial charge in [-0.05, 0) is 188 Å². The standard InChI is InChI=1S/C33H3Br11Cl4N8.Zn/c1-2-11(34)3-7(15(38)22(2)45)30-49-26(3)50-31-8-4(12(35)19(42)23(46)16(8)39)28(52-31)54-33-10-6(14(37)21(44)25(48)18(10)41)29(56-33)55-32-9-5(27(51-30)53-32)13(36)20(43)24(47)17(9)40;/h1H3;/q-2;+2. The van der Waals surface area contributed by atoms with Crippen molar-refractivity contribution in [3.8, 4) is 45.6 Å². The van der Waals surface area contributed by atoms with E-state index in [9.17, 15) is 0 Å². The molecule has 7 aromatic rings. The minimum atomic E-state index is 0. The van der Waals surface area contributed by atoms with Gasteiger partial charge in [0.05, 0.1) is 56.8 Å². The maximum absolute atomic E-state index is 6.90. The molecule has 5 heterocycles. The molecule has 9 rings (SSSR count). The van der Waals surface area contributed by atoms with Crippen molar-refractivity contribution in [1.82, 2.24) is 39.9 Å². The third kappa shape index (κ3) is 6.74. The van der Waals surface area contributed by atoms with E-state index in [1.807, 2.05) is 6.92 Å². The second kappa shape index (κ2) is 16.4. The molecule has 0 radical (unpaired) electrons. The number of fused-ring (bicyclic) bond motifs is 20. The molecular formula is C33H3Br11Cl4N8Zn. The van der Waals surface area contributed by atoms with Crippen LogP contribution in [0.3, 0.4) is 0 Å². The van der Waals surface area contributed by atoms with E-state index in [4.69, 9.17) is 86.3 Å². The molecule has 2 aliphatic heterocycles. The fourth-order valence-electron chi connectivity index (χ4n) is 6.25. The summed E-state index contributed by atoms with van der Waals surface area (Å²) in [6, 6.07) is 0. The molecule has 8 nitrogen and oxygen atoms in total. The van der Waals surface area contributed by atoms with Crippen molar-refractivity contribution in [2.75, 3.05) is 0 Å². The van der Waals surface area contributed by atoms with Gasteiger partial charge in [0.1, 0.15) is 0 Å². The van der Waals surface area contributed by atoms with Crippen LogP contribution in [0.5, 0.6) is 0 Å². The van der Waals surface area contributed by atoms with E-state index in [-0.39, 0.29) is 59.7 Å². The SMILES string of the molecule is Cc1c(Cl)c(Br)c2c3nc4nc(nc5[n-]c(nc6nc(nc([n-]3)c2c1Br)-c1c(Br)c(Cl)c(Br)c(Br)c1-6)c1c(Br)c(Cl)c(Br)c(Br)c51)-c1c(Br)c(Cl)c(Br)c(Br)c1-4.[Zn+2]. The molecule has 4 aromatic carbocycles. The van der Waals surface area contributed by atoms with E-state index >= 15 is 0 Å². The molecule has 0 spiro atoms. The molecule has 0 unspecified atom stereocenters. The summed E-state index contributed by atoms with van der Waals surface area (Å²) >= 11 is 68.2. The van der Waals surface area contributed by atoms with Gasteiger partial charge >= 0.3 is 19.5 Å². The third-order valence-electron chi connectivity index (χ3n) is 8.82. The summed E-state index contributed by atoms with van der Waals surface area (Å²) in [5.74, 6) is 1.06. The molecule has 0 N–H and O–H groups in total. The van der Waals surface area contributed by atoms with Gasteiger partial charge < -0.3 is 29.9 Å². The number of benzene rings is 4. The van der Waals surface area contributed by atoms with Gasteiger partial charge in [0, 0.05) is 102 Å². The van der Waals surface area contributed by atoms with Gasteiger partial charge in [-0.2, -0.15) is 0 Å². The van der Waals surface area contributed by atoms with Gasteiger partial charge in [-0.25, -0.2) is 9.97 Å². The minimum Gasteiger partial charge on any atom is -0.357 e. The van der Waals surface area contributed by atoms with E-state index in [1.165, 1.54) is 0 Å². The van der Waals surface area contributed by atoms with Crippen LogP contribution in [0.4, 0.5) is 0 Å². The van der Waals surface area contributed by atoms with Crippen LogP contribution < -0.4 is 9.97 Å². The largest absolute Gasteiger partial charge is 2.00 e. The number of halogens is 15. The van der Waals surface area contributed by atoms with Crippen molar-refractivity contribution in [1.29, 1.82) is 0 Å². The topological polar surface area (TPSA) is 106 Å². The monoisotopic (exact) mass is 1580 g/mol. The summed E-state index contributed by atoms with van der Waals surface area (Å²) in [6.07, 6.45) is 0. The van der Waals surface area contributed by atoms with Gasteiger partial charge in [0.2, 0.25) is 0 Å². The number of hydrogen-bond acceptors (Lipinski definition) is 6. The Bertz CT molecular complexity index is 2840. The molecule has 0 saturated carbocycles. The number of aromatic nitrogens is 8. The van der Waals surface area contributed by atoms with Gasteiger partial charge in [-0.15, -0.1) is 0 Å². The molecule has 0 saturated heterocycles. The number of hydrogen-bond donors (Lipinski definition) is 0. The Labute approximate surface area is 445 Å². The maximum atomic E-state index is 6.90. The molecule has 0 amide bonds. The van der Waals surface area contributed by atoms with Crippen LogP contribution in [0.1, 0.15) is 5.56 Å². The minimum absolute atomic E-state index is 0. The van der Waals surface area contributed by atoms with E-state index in [0.29, 0.717) is 119 Å². The molecule has 3 aromatic heterocycles. The van der Waals surface area contributed by atoms with Gasteiger partial charge in [0.25, 0.3) is 0 Å². The van der Waals surface area contributed by atoms with Crippen LogP contribution in [-0.2, 0) is 19.5 Å². The summed E-state index contributed by atoms with van der Waals surface area (Å²) in [5.41, 5.74) is 4.14. The van der Waals surface area contributed by atoms with Crippen molar-refractivity contribution in [2.45, 2.75) is 6.92 Å². The average molecular weight is 1600 g/mol. The van der Waals surface area contributed by atoms with E-state index in [1.54, 1.807) is 0 Å². The summed E-state index contributed by atoms with van der Waals surface area (Å²) in [5, 5.41) is 3.98. The van der Waals surface area contributed by atoms with Gasteiger partial charge in [-0.1, -0.05) is 46.4 Å². The van der Waals surface area contributed by atoms with Crippen LogP contribution >= 0.6 is 222 Å². The first-order chi connectivity index (χ1) is 26.4. The number of nitrogens with zero attached hydrogens (tertiary/aromatic N) is 8. The zero-order valence-corrected chi connectivity index (χ0v) is 50.4. The fourth-order valence-corrected chi connectivity index (χ4v) is 14.1. The summed E-state index contributed by atoms with van der Waals surface area (Å²) in [7, 11) is 0. The molecule has 8 bridgehead atoms. The van der Waals surface area contributed by atoms with Crippen molar-refractivity contribution in [3.63, 3.8) is 0 Å². The van der Waals surface area contributed by atoms with E-state index in [2.05, 4.69) is 175 Å². The molecule has 24 heteroatoms. The summed E-state index contributed by atoms with van der Waals surface area (Å²) < 4.78 is 6.31. The molecule has 0 fully saturated rings. The van der Waals surface area contributed by atoms with Gasteiger partial charge in [0.15, 0.2) is 0 Å². The normalized spacial score (nSPS) is 12.1. The zero-order valence-electron chi connectivity index (χ0n) is 27.0. The van der Waals surface area contributed by atoms with Crippen molar-refractivity contribution >= 4 is 266 Å². The summed E-state index contributed by atoms with van der Waals surface area (Å²) in [6.45, 7) is 1.89. The van der Waals surface area contributed by atoms with Crippen LogP contribution in [0.2, 0.25) is 20.1 Å². The van der Waals surface area contributed by atoms with Gasteiger partial charge in [-0.3, -0.25) is 0 Å². The third-order valence-corrected chi connectivity index (χ3v) is 22.5. The quantitative estimate of drug-likeness (QED) is 0.0840. The van der Waals surface area contributed by atoms with Crippen LogP contribution in [0.15, 0.2) is 49.2 Å². The van der Waals surface area contributed by atoms with Crippen molar-refractivity contribution < 1.29 is 19.5 Å². The predicted molar refractivity (Wildman–Crippen MR) is 263 cm³/mol. The van der Waals surface area contributed by atoms with E-state index in [0.717, 1.165) is 5.56 Å². The molecule has 282 valence electrons. The predicted octanol–water partition coefficient (Wildman–Crippen LogP) is 17.4. The second-order valence-corrected chi connectivity index (χ2v) is 22.1. The Hall–Kier alpha value is 1.30. The fraction of sp³-hybridized carbons (Fsp3) is 0.0303. The Balaban J connectivity index is 0.00000455. The van der Waals surface area contributed by atoms with Crippen LogP contribution in [0, 0.1) is 6.92 Å². The zero-order chi connectivity index (χ0) is 40.1. The smallest absolute Gasteiger partial charge is 0.357 e. The van der Waals surface area contributed by atoms with Crippen LogP contribution in [0.25, 0.3) is 89.7 Å². The maximum Gasteiger partial charge on any atom is 2.00 e. The first-order valence-corrected chi connectivity index (χ1v) is 25.1. The van der Waals surface area contributed by atoms with Crippen molar-refractivity contribution in [3.05, 3.63) is 74.9 Å². The Morgan fingerprint density at radius 3 is 1.00 bits per heavy atom.